The van der Waals surface area contributed by atoms with Gasteiger partial charge in [-0.1, -0.05) is 18.2 Å². The smallest absolute Gasteiger partial charge is 0.327 e. The van der Waals surface area contributed by atoms with Crippen LogP contribution in [0, 0.1) is 0 Å². The van der Waals surface area contributed by atoms with Gasteiger partial charge in [0.25, 0.3) is 0 Å². The second-order valence-electron chi connectivity index (χ2n) is 5.65. The molecular weight excluding hydrogens is 290 g/mol. The number of ether oxygens (including phenoxy) is 1. The third-order valence-corrected chi connectivity index (χ3v) is 3.98. The summed E-state index contributed by atoms with van der Waals surface area (Å²) in [5.74, 6) is 0.547. The number of amides is 2. The number of methoxy groups -OCH3 is 1. The summed E-state index contributed by atoms with van der Waals surface area (Å²) in [6, 6.07) is 11.7. The molecule has 2 amide bonds. The van der Waals surface area contributed by atoms with Crippen molar-refractivity contribution in [2.24, 2.45) is 0 Å². The van der Waals surface area contributed by atoms with Gasteiger partial charge in [0.1, 0.15) is 5.82 Å². The quantitative estimate of drug-likeness (QED) is 0.942. The summed E-state index contributed by atoms with van der Waals surface area (Å²) in [6.07, 6.45) is 4.80. The first-order valence-corrected chi connectivity index (χ1v) is 7.88. The summed E-state index contributed by atoms with van der Waals surface area (Å²) >= 11 is 0. The topological polar surface area (TPSA) is 54.5 Å². The maximum absolute atomic E-state index is 12.7. The van der Waals surface area contributed by atoms with E-state index < -0.39 is 0 Å². The fraction of sp³-hybridized carbons (Fsp3) is 0.333. The zero-order valence-corrected chi connectivity index (χ0v) is 13.3. The molecule has 0 saturated carbocycles. The highest BCUT2D eigenvalue weighted by molar-refractivity contribution is 6.01. The van der Waals surface area contributed by atoms with Crippen LogP contribution in [-0.2, 0) is 17.8 Å². The second-order valence-corrected chi connectivity index (χ2v) is 5.65. The zero-order chi connectivity index (χ0) is 16.1. The minimum absolute atomic E-state index is 0.138. The number of carbonyl (C=O) groups is 1. The van der Waals surface area contributed by atoms with E-state index in [0.717, 1.165) is 37.1 Å². The molecule has 0 spiro atoms. The monoisotopic (exact) mass is 311 g/mol. The fourth-order valence-electron chi connectivity index (χ4n) is 2.88. The maximum Gasteiger partial charge on any atom is 0.327 e. The van der Waals surface area contributed by atoms with Crippen molar-refractivity contribution in [1.82, 2.24) is 4.98 Å². The molecule has 2 heterocycles. The predicted octanol–water partition coefficient (Wildman–Crippen LogP) is 3.60. The Labute approximate surface area is 136 Å². The molecule has 1 aromatic carbocycles. The van der Waals surface area contributed by atoms with Gasteiger partial charge >= 0.3 is 6.03 Å². The molecule has 1 aromatic heterocycles. The second kappa shape index (κ2) is 7.24. The predicted molar refractivity (Wildman–Crippen MR) is 90.7 cm³/mol. The van der Waals surface area contributed by atoms with Crippen molar-refractivity contribution in [1.29, 1.82) is 0 Å². The zero-order valence-electron chi connectivity index (χ0n) is 13.3. The number of anilines is 2. The number of nitrogens with zero attached hydrogens (tertiary/aromatic N) is 2. The molecule has 23 heavy (non-hydrogen) atoms. The van der Waals surface area contributed by atoms with Crippen LogP contribution >= 0.6 is 0 Å². The van der Waals surface area contributed by atoms with Crippen LogP contribution in [0.1, 0.15) is 24.0 Å². The number of carbonyl (C=O) groups excluding carboxylic acids is 1. The van der Waals surface area contributed by atoms with E-state index in [1.54, 1.807) is 13.3 Å². The number of rotatable bonds is 3. The summed E-state index contributed by atoms with van der Waals surface area (Å²) < 4.78 is 5.12. The summed E-state index contributed by atoms with van der Waals surface area (Å²) in [5.41, 5.74) is 3.20. The number of hydrogen-bond donors (Lipinski definition) is 1. The van der Waals surface area contributed by atoms with E-state index in [-0.39, 0.29) is 6.03 Å². The van der Waals surface area contributed by atoms with Crippen molar-refractivity contribution in [2.75, 3.05) is 23.9 Å². The lowest BCUT2D eigenvalue weighted by atomic mass is 10.1. The van der Waals surface area contributed by atoms with Crippen molar-refractivity contribution < 1.29 is 9.53 Å². The van der Waals surface area contributed by atoms with Gasteiger partial charge in [-0.25, -0.2) is 9.78 Å². The molecule has 5 heteroatoms. The van der Waals surface area contributed by atoms with E-state index in [4.69, 9.17) is 4.74 Å². The third-order valence-electron chi connectivity index (χ3n) is 3.98. The van der Waals surface area contributed by atoms with Crippen LogP contribution in [-0.4, -0.2) is 24.7 Å². The highest BCUT2D eigenvalue weighted by Crippen LogP contribution is 2.26. The Morgan fingerprint density at radius 1 is 1.30 bits per heavy atom. The first kappa shape index (κ1) is 15.5. The molecule has 1 N–H and O–H groups in total. The molecule has 2 aromatic rings. The average molecular weight is 311 g/mol. The number of pyridine rings is 1. The van der Waals surface area contributed by atoms with Gasteiger partial charge in [0.2, 0.25) is 0 Å². The number of aryl methyl sites for hydroxylation is 1. The van der Waals surface area contributed by atoms with Crippen LogP contribution in [0.2, 0.25) is 0 Å². The Bertz CT molecular complexity index is 687. The van der Waals surface area contributed by atoms with E-state index in [0.29, 0.717) is 12.4 Å². The molecule has 5 nitrogen and oxygen atoms in total. The van der Waals surface area contributed by atoms with E-state index in [9.17, 15) is 4.79 Å². The van der Waals surface area contributed by atoms with Crippen LogP contribution in [0.5, 0.6) is 0 Å². The normalized spacial score (nSPS) is 14.0. The third kappa shape index (κ3) is 3.68. The van der Waals surface area contributed by atoms with E-state index in [1.807, 2.05) is 35.2 Å². The molecule has 1 aliphatic heterocycles. The van der Waals surface area contributed by atoms with Gasteiger partial charge in [0.15, 0.2) is 0 Å². The Morgan fingerprint density at radius 3 is 3.04 bits per heavy atom. The molecule has 1 aliphatic rings. The molecular formula is C18H21N3O2. The molecule has 0 unspecified atom stereocenters. The largest absolute Gasteiger partial charge is 0.380 e. The van der Waals surface area contributed by atoms with Gasteiger partial charge in [-0.05, 0) is 48.6 Å². The number of fused-ring (bicyclic) bond motifs is 1. The fourth-order valence-corrected chi connectivity index (χ4v) is 2.88. The Balaban J connectivity index is 1.79. The highest BCUT2D eigenvalue weighted by atomic mass is 16.5. The van der Waals surface area contributed by atoms with Crippen LogP contribution in [0.15, 0.2) is 42.6 Å². The Morgan fingerprint density at radius 2 is 2.17 bits per heavy atom. The molecule has 0 radical (unpaired) electrons. The van der Waals surface area contributed by atoms with Crippen molar-refractivity contribution in [3.8, 4) is 0 Å². The van der Waals surface area contributed by atoms with Gasteiger partial charge in [-0.3, -0.25) is 10.2 Å². The van der Waals surface area contributed by atoms with E-state index >= 15 is 0 Å². The average Bonchev–Trinajstić information content (AvgIpc) is 2.78. The SMILES string of the molecule is COCc1ccnc(NC(=O)N2CCCCc3ccccc32)c1. The van der Waals surface area contributed by atoms with Gasteiger partial charge in [0.05, 0.1) is 6.61 Å². The molecule has 0 bridgehead atoms. The summed E-state index contributed by atoms with van der Waals surface area (Å²) in [7, 11) is 1.65. The molecule has 0 aliphatic carbocycles. The lowest BCUT2D eigenvalue weighted by Crippen LogP contribution is -2.35. The minimum Gasteiger partial charge on any atom is -0.380 e. The van der Waals surface area contributed by atoms with Gasteiger partial charge in [-0.15, -0.1) is 0 Å². The van der Waals surface area contributed by atoms with Crippen LogP contribution in [0.3, 0.4) is 0 Å². The van der Waals surface area contributed by atoms with Gasteiger partial charge in [0, 0.05) is 25.5 Å². The molecule has 3 rings (SSSR count). The number of aromatic nitrogens is 1. The number of para-hydroxylation sites is 1. The summed E-state index contributed by atoms with van der Waals surface area (Å²) in [6.45, 7) is 1.22. The number of urea groups is 1. The first-order chi connectivity index (χ1) is 11.3. The first-order valence-electron chi connectivity index (χ1n) is 7.88. The van der Waals surface area contributed by atoms with Gasteiger partial charge in [-0.2, -0.15) is 0 Å². The lowest BCUT2D eigenvalue weighted by molar-refractivity contribution is 0.185. The molecule has 0 fully saturated rings. The van der Waals surface area contributed by atoms with Crippen LogP contribution < -0.4 is 10.2 Å². The molecule has 0 atom stereocenters. The minimum atomic E-state index is -0.138. The summed E-state index contributed by atoms with van der Waals surface area (Å²) in [4.78, 5) is 18.7. The van der Waals surface area contributed by atoms with Crippen LogP contribution in [0.4, 0.5) is 16.3 Å². The number of nitrogens with one attached hydrogen (secondary N) is 1. The van der Waals surface area contributed by atoms with Crippen molar-refractivity contribution >= 4 is 17.5 Å². The maximum atomic E-state index is 12.7. The van der Waals surface area contributed by atoms with E-state index in [1.165, 1.54) is 5.56 Å². The Kier molecular flexibility index (Phi) is 4.88. The number of benzene rings is 1. The standard InChI is InChI=1S/C18H21N3O2/c1-23-13-14-9-10-19-17(12-14)20-18(22)21-11-5-4-7-15-6-2-3-8-16(15)21/h2-3,6,8-10,12H,4-5,7,11,13H2,1H3,(H,19,20,22). The van der Waals surface area contributed by atoms with E-state index in [2.05, 4.69) is 16.4 Å². The highest BCUT2D eigenvalue weighted by Gasteiger charge is 2.21. The van der Waals surface area contributed by atoms with Crippen molar-refractivity contribution in [3.63, 3.8) is 0 Å². The van der Waals surface area contributed by atoms with Crippen molar-refractivity contribution in [2.45, 2.75) is 25.9 Å². The van der Waals surface area contributed by atoms with Gasteiger partial charge < -0.3 is 4.74 Å². The van der Waals surface area contributed by atoms with Crippen LogP contribution in [0.25, 0.3) is 0 Å². The van der Waals surface area contributed by atoms with Crippen molar-refractivity contribution in [3.05, 3.63) is 53.7 Å². The number of hydrogen-bond acceptors (Lipinski definition) is 3. The molecule has 120 valence electrons. The Hall–Kier alpha value is -2.40. The lowest BCUT2D eigenvalue weighted by Gasteiger charge is -2.23. The molecule has 0 saturated heterocycles. The summed E-state index contributed by atoms with van der Waals surface area (Å²) in [5, 5.41) is 2.90.